The molecule has 196 valence electrons. The predicted molar refractivity (Wildman–Crippen MR) is 146 cm³/mol. The number of anilines is 3. The smallest absolute Gasteiger partial charge is 0.393 e. The minimum absolute atomic E-state index is 0.134. The average molecular weight is 522 g/mol. The van der Waals surface area contributed by atoms with Gasteiger partial charge in [-0.2, -0.15) is 18.4 Å². The Morgan fingerprint density at radius 2 is 1.86 bits per heavy atom. The van der Waals surface area contributed by atoms with E-state index in [-0.39, 0.29) is 5.56 Å². The molecule has 0 amide bonds. The average Bonchev–Trinajstić information content (AvgIpc) is 2.83. The summed E-state index contributed by atoms with van der Waals surface area (Å²) in [6.45, 7) is 13.0. The van der Waals surface area contributed by atoms with Crippen molar-refractivity contribution in [2.24, 2.45) is 0 Å². The topological polar surface area (TPSA) is 77.1 Å². The second kappa shape index (κ2) is 14.9. The lowest BCUT2D eigenvalue weighted by Crippen LogP contribution is -2.30. The summed E-state index contributed by atoms with van der Waals surface area (Å²) >= 11 is 6.27. The summed E-state index contributed by atoms with van der Waals surface area (Å²) in [5.41, 5.74) is 9.65. The van der Waals surface area contributed by atoms with Gasteiger partial charge in [0.25, 0.3) is 0 Å². The van der Waals surface area contributed by atoms with E-state index in [0.717, 1.165) is 23.4 Å². The number of benzene rings is 2. The second-order valence-corrected chi connectivity index (χ2v) is 8.19. The van der Waals surface area contributed by atoms with Gasteiger partial charge in [0.05, 0.1) is 35.1 Å². The van der Waals surface area contributed by atoms with Crippen molar-refractivity contribution in [1.82, 2.24) is 4.90 Å². The highest BCUT2D eigenvalue weighted by Crippen LogP contribution is 2.32. The number of nitrogens with zero attached hydrogens (tertiary/aromatic N) is 2. The summed E-state index contributed by atoms with van der Waals surface area (Å²) in [5, 5.41) is 16.5. The van der Waals surface area contributed by atoms with Crippen molar-refractivity contribution in [3.05, 3.63) is 70.9 Å². The maximum absolute atomic E-state index is 12.8. The summed E-state index contributed by atoms with van der Waals surface area (Å²) in [5.74, 6) is 0. The van der Waals surface area contributed by atoms with Gasteiger partial charge in [-0.1, -0.05) is 45.0 Å². The normalized spacial score (nSPS) is 11.4. The van der Waals surface area contributed by atoms with Gasteiger partial charge in [0.15, 0.2) is 0 Å². The number of halogens is 4. The highest BCUT2D eigenvalue weighted by Gasteiger charge is 2.27. The van der Waals surface area contributed by atoms with Gasteiger partial charge >= 0.3 is 6.18 Å². The predicted octanol–water partition coefficient (Wildman–Crippen LogP) is 7.69. The summed E-state index contributed by atoms with van der Waals surface area (Å²) in [4.78, 5) is 2.06. The van der Waals surface area contributed by atoms with Crippen molar-refractivity contribution in [1.29, 1.82) is 5.26 Å². The zero-order chi connectivity index (χ0) is 27.3. The molecule has 2 rings (SSSR count). The molecule has 0 aliphatic carbocycles. The van der Waals surface area contributed by atoms with E-state index in [1.54, 1.807) is 25.3 Å². The van der Waals surface area contributed by atoms with Gasteiger partial charge in [-0.25, -0.2) is 0 Å². The second-order valence-electron chi connectivity index (χ2n) is 7.75. The van der Waals surface area contributed by atoms with Gasteiger partial charge in [-0.3, -0.25) is 0 Å². The monoisotopic (exact) mass is 521 g/mol. The van der Waals surface area contributed by atoms with E-state index in [9.17, 15) is 18.4 Å². The Labute approximate surface area is 217 Å². The van der Waals surface area contributed by atoms with E-state index < -0.39 is 12.6 Å². The Balaban J connectivity index is 0.00000316. The number of hydrogen-bond donors (Lipinski definition) is 3. The van der Waals surface area contributed by atoms with Crippen LogP contribution in [0.4, 0.5) is 30.2 Å². The molecule has 0 saturated heterocycles. The van der Waals surface area contributed by atoms with Crippen molar-refractivity contribution in [3.63, 3.8) is 0 Å². The first-order valence-electron chi connectivity index (χ1n) is 11.8. The van der Waals surface area contributed by atoms with Gasteiger partial charge in [0.2, 0.25) is 0 Å². The van der Waals surface area contributed by atoms with Crippen molar-refractivity contribution in [3.8, 4) is 6.07 Å². The van der Waals surface area contributed by atoms with E-state index >= 15 is 0 Å². The largest absolute Gasteiger partial charge is 0.397 e. The van der Waals surface area contributed by atoms with Crippen LogP contribution in [0.1, 0.15) is 45.2 Å². The third-order valence-corrected chi connectivity index (χ3v) is 5.28. The van der Waals surface area contributed by atoms with E-state index in [0.29, 0.717) is 41.6 Å². The van der Waals surface area contributed by atoms with Crippen LogP contribution in [0.3, 0.4) is 0 Å². The van der Waals surface area contributed by atoms with Gasteiger partial charge < -0.3 is 21.3 Å². The Morgan fingerprint density at radius 1 is 1.17 bits per heavy atom. The number of alkyl halides is 3. The van der Waals surface area contributed by atoms with Crippen LogP contribution in [0, 0.1) is 11.3 Å². The molecule has 0 atom stereocenters. The van der Waals surface area contributed by atoms with Crippen molar-refractivity contribution >= 4 is 34.4 Å². The molecule has 0 aromatic heterocycles. The third kappa shape index (κ3) is 9.38. The standard InChI is InChI=1S/C25H29ClF3N5.C2H6/c1-4-11-34(12-10-33-23-13-18(6-8-21(23)31)15-25(27,28)29)24(17(3)16-30)20-14-19(26)7-9-22(20)32-5-2;1-2/h5-9,13-14,32-33H,2,4,10-12,15,31H2,1,3H3;1-2H3/b24-17-;. The molecule has 9 heteroatoms. The quantitative estimate of drug-likeness (QED) is 0.209. The van der Waals surface area contributed by atoms with Crippen molar-refractivity contribution in [2.45, 2.75) is 46.7 Å². The summed E-state index contributed by atoms with van der Waals surface area (Å²) in [7, 11) is 0. The summed E-state index contributed by atoms with van der Waals surface area (Å²) < 4.78 is 38.3. The van der Waals surface area contributed by atoms with E-state index in [2.05, 4.69) is 28.2 Å². The number of nitrogens with one attached hydrogen (secondary N) is 2. The molecule has 5 nitrogen and oxygen atoms in total. The number of hydrogen-bond acceptors (Lipinski definition) is 5. The van der Waals surface area contributed by atoms with Gasteiger partial charge in [0.1, 0.15) is 0 Å². The first-order valence-corrected chi connectivity index (χ1v) is 12.2. The molecule has 0 spiro atoms. The Hall–Kier alpha value is -3.31. The molecular weight excluding hydrogens is 487 g/mol. The Morgan fingerprint density at radius 3 is 2.44 bits per heavy atom. The lowest BCUT2D eigenvalue weighted by Gasteiger charge is -2.30. The van der Waals surface area contributed by atoms with E-state index in [4.69, 9.17) is 17.3 Å². The SMILES string of the molecule is C=CNc1ccc(Cl)cc1/C(=C(\C)C#N)N(CCC)CCNc1cc(CC(F)(F)F)ccc1N.CC. The maximum Gasteiger partial charge on any atom is 0.393 e. The van der Waals surface area contributed by atoms with Crippen molar-refractivity contribution in [2.75, 3.05) is 36.0 Å². The first kappa shape index (κ1) is 30.7. The van der Waals surface area contributed by atoms with Crippen LogP contribution in [0.25, 0.3) is 5.70 Å². The fraction of sp³-hybridized carbons (Fsp3) is 0.370. The fourth-order valence-electron chi connectivity index (χ4n) is 3.64. The number of nitriles is 1. The summed E-state index contributed by atoms with van der Waals surface area (Å²) in [6.07, 6.45) is -2.95. The van der Waals surface area contributed by atoms with E-state index in [1.807, 2.05) is 26.8 Å². The van der Waals surface area contributed by atoms with Crippen LogP contribution in [-0.2, 0) is 6.42 Å². The zero-order valence-corrected chi connectivity index (χ0v) is 22.0. The first-order chi connectivity index (χ1) is 17.1. The maximum atomic E-state index is 12.8. The minimum Gasteiger partial charge on any atom is -0.397 e. The zero-order valence-electron chi connectivity index (χ0n) is 21.3. The van der Waals surface area contributed by atoms with Crippen LogP contribution in [-0.4, -0.2) is 30.7 Å². The van der Waals surface area contributed by atoms with Crippen LogP contribution in [0.2, 0.25) is 5.02 Å². The van der Waals surface area contributed by atoms with Crippen LogP contribution in [0.5, 0.6) is 0 Å². The van der Waals surface area contributed by atoms with E-state index in [1.165, 1.54) is 18.2 Å². The molecular formula is C27H35ClF3N5. The summed E-state index contributed by atoms with van der Waals surface area (Å²) in [6, 6.07) is 11.9. The molecule has 0 fully saturated rings. The number of allylic oxidation sites excluding steroid dienone is 1. The molecule has 0 bridgehead atoms. The fourth-order valence-corrected chi connectivity index (χ4v) is 3.81. The van der Waals surface area contributed by atoms with Gasteiger partial charge in [0, 0.05) is 35.9 Å². The highest BCUT2D eigenvalue weighted by atomic mass is 35.5. The number of nitrogens with two attached hydrogens (primary N) is 1. The van der Waals surface area contributed by atoms with Crippen LogP contribution >= 0.6 is 11.6 Å². The van der Waals surface area contributed by atoms with Crippen LogP contribution < -0.4 is 16.4 Å². The molecule has 36 heavy (non-hydrogen) atoms. The molecule has 2 aromatic carbocycles. The number of nitrogen functional groups attached to an aromatic ring is 1. The number of rotatable bonds is 11. The molecule has 4 N–H and O–H groups in total. The Kier molecular flexibility index (Phi) is 12.8. The molecule has 2 aromatic rings. The molecule has 0 saturated carbocycles. The van der Waals surface area contributed by atoms with Crippen LogP contribution in [0.15, 0.2) is 54.8 Å². The third-order valence-electron chi connectivity index (χ3n) is 5.05. The highest BCUT2D eigenvalue weighted by molar-refractivity contribution is 6.30. The molecule has 0 unspecified atom stereocenters. The van der Waals surface area contributed by atoms with Crippen molar-refractivity contribution < 1.29 is 13.2 Å². The molecule has 0 aliphatic rings. The lowest BCUT2D eigenvalue weighted by atomic mass is 10.0. The molecule has 0 heterocycles. The van der Waals surface area contributed by atoms with Gasteiger partial charge in [-0.05, 0) is 55.4 Å². The Bertz CT molecular complexity index is 1070. The minimum atomic E-state index is -4.30. The molecule has 0 aliphatic heterocycles. The molecule has 0 radical (unpaired) electrons. The van der Waals surface area contributed by atoms with Gasteiger partial charge in [-0.15, -0.1) is 0 Å². The lowest BCUT2D eigenvalue weighted by molar-refractivity contribution is -0.127.